The second kappa shape index (κ2) is 11.9. The Hall–Kier alpha value is -6.43. The van der Waals surface area contributed by atoms with Crippen LogP contribution in [-0.2, 0) is 0 Å². The van der Waals surface area contributed by atoms with E-state index in [-0.39, 0.29) is 0 Å². The van der Waals surface area contributed by atoms with Gasteiger partial charge in [-0.05, 0) is 65.1 Å². The number of fused-ring (bicyclic) bond motifs is 6. The van der Waals surface area contributed by atoms with Gasteiger partial charge in [-0.15, -0.1) is 11.3 Å². The van der Waals surface area contributed by atoms with Crippen LogP contribution in [0.1, 0.15) is 5.56 Å². The normalized spacial score (nSPS) is 11.6. The Morgan fingerprint density at radius 2 is 0.980 bits per heavy atom. The molecular weight excluding hydrogens is 643 g/mol. The first-order valence-corrected chi connectivity index (χ1v) is 17.8. The van der Waals surface area contributed by atoms with E-state index in [0.717, 1.165) is 44.2 Å². The summed E-state index contributed by atoms with van der Waals surface area (Å²) in [5.74, 6) is 1.85. The number of thiophene rings is 1. The average Bonchev–Trinajstić information content (AvgIpc) is 3.76. The molecule has 0 radical (unpaired) electrons. The van der Waals surface area contributed by atoms with E-state index in [9.17, 15) is 0 Å². The monoisotopic (exact) mass is 671 g/mol. The van der Waals surface area contributed by atoms with Gasteiger partial charge in [0, 0.05) is 47.6 Å². The number of para-hydroxylation sites is 1. The second-order valence-electron chi connectivity index (χ2n) is 12.8. The third-order valence-electron chi connectivity index (χ3n) is 9.78. The molecule has 3 heterocycles. The number of benzene rings is 7. The fourth-order valence-electron chi connectivity index (χ4n) is 7.25. The van der Waals surface area contributed by atoms with Crippen LogP contribution < -0.4 is 0 Å². The van der Waals surface area contributed by atoms with Gasteiger partial charge in [0.15, 0.2) is 17.5 Å². The molecular formula is C46H29N3OS. The molecule has 10 rings (SSSR count). The van der Waals surface area contributed by atoms with Crippen LogP contribution in [0.25, 0.3) is 98.5 Å². The molecule has 0 atom stereocenters. The molecule has 0 spiro atoms. The SMILES string of the molecule is Cc1c(-c2ccc(-c3nc(-c4ccccc4)nc(-c4ccc5c(c4)oc4ccccc45)n3)cc2)cccc1-c1cccc2sc3ccccc3c12. The van der Waals surface area contributed by atoms with E-state index in [1.807, 2.05) is 65.9 Å². The van der Waals surface area contributed by atoms with Gasteiger partial charge in [-0.2, -0.15) is 0 Å². The van der Waals surface area contributed by atoms with Crippen molar-refractivity contribution < 1.29 is 4.42 Å². The van der Waals surface area contributed by atoms with E-state index in [2.05, 4.69) is 110 Å². The quantitative estimate of drug-likeness (QED) is 0.183. The number of hydrogen-bond acceptors (Lipinski definition) is 5. The van der Waals surface area contributed by atoms with Crippen LogP contribution in [0.3, 0.4) is 0 Å². The molecule has 5 heteroatoms. The maximum atomic E-state index is 6.21. The first kappa shape index (κ1) is 29.5. The molecule has 0 saturated heterocycles. The van der Waals surface area contributed by atoms with E-state index in [1.54, 1.807) is 0 Å². The molecule has 0 fully saturated rings. The summed E-state index contributed by atoms with van der Waals surface area (Å²) in [5, 5.41) is 4.81. The summed E-state index contributed by atoms with van der Waals surface area (Å²) in [6.45, 7) is 2.23. The first-order chi connectivity index (χ1) is 25.2. The minimum Gasteiger partial charge on any atom is -0.456 e. The molecule has 0 aliphatic rings. The highest BCUT2D eigenvalue weighted by molar-refractivity contribution is 7.25. The third kappa shape index (κ3) is 5.01. The van der Waals surface area contributed by atoms with Crippen LogP contribution in [0, 0.1) is 6.92 Å². The number of hydrogen-bond donors (Lipinski definition) is 0. The molecule has 0 aliphatic heterocycles. The van der Waals surface area contributed by atoms with Crippen LogP contribution in [0.5, 0.6) is 0 Å². The Morgan fingerprint density at radius 1 is 0.412 bits per heavy atom. The van der Waals surface area contributed by atoms with Crippen molar-refractivity contribution in [2.24, 2.45) is 0 Å². The Labute approximate surface area is 298 Å². The van der Waals surface area contributed by atoms with Crippen molar-refractivity contribution in [2.45, 2.75) is 6.92 Å². The molecule has 10 aromatic rings. The molecule has 240 valence electrons. The molecule has 51 heavy (non-hydrogen) atoms. The second-order valence-corrected chi connectivity index (χ2v) is 13.9. The maximum Gasteiger partial charge on any atom is 0.164 e. The standard InChI is InChI=1S/C46H29N3OS/c1-28-33(15-9-16-34(28)37-17-10-20-42-43(37)38-14-6-8-19-41(38)51-42)29-21-23-31(24-22-29)45-47-44(30-11-3-2-4-12-30)48-46(49-45)32-25-26-36-35-13-5-7-18-39(35)50-40(36)27-32/h2-27H,1H3. The van der Waals surface area contributed by atoms with E-state index in [1.165, 1.54) is 42.4 Å². The summed E-state index contributed by atoms with van der Waals surface area (Å²) in [6, 6.07) is 54.9. The van der Waals surface area contributed by atoms with Crippen molar-refractivity contribution in [1.82, 2.24) is 15.0 Å². The van der Waals surface area contributed by atoms with Crippen molar-refractivity contribution in [3.05, 3.63) is 163 Å². The fourth-order valence-corrected chi connectivity index (χ4v) is 8.39. The minimum atomic E-state index is 0.601. The molecule has 0 unspecified atom stereocenters. The van der Waals surface area contributed by atoms with Gasteiger partial charge in [0.25, 0.3) is 0 Å². The molecule has 7 aromatic carbocycles. The Kier molecular flexibility index (Phi) is 6.86. The van der Waals surface area contributed by atoms with Crippen LogP contribution >= 0.6 is 11.3 Å². The Balaban J connectivity index is 1.06. The van der Waals surface area contributed by atoms with Gasteiger partial charge in [0.05, 0.1) is 0 Å². The van der Waals surface area contributed by atoms with E-state index >= 15 is 0 Å². The van der Waals surface area contributed by atoms with Gasteiger partial charge in [-0.25, -0.2) is 15.0 Å². The van der Waals surface area contributed by atoms with Gasteiger partial charge in [0.2, 0.25) is 0 Å². The summed E-state index contributed by atoms with van der Waals surface area (Å²) in [5.41, 5.74) is 10.5. The Morgan fingerprint density at radius 3 is 1.80 bits per heavy atom. The summed E-state index contributed by atoms with van der Waals surface area (Å²) in [6.07, 6.45) is 0. The van der Waals surface area contributed by atoms with E-state index in [4.69, 9.17) is 19.4 Å². The van der Waals surface area contributed by atoms with Crippen LogP contribution in [-0.4, -0.2) is 15.0 Å². The van der Waals surface area contributed by atoms with Gasteiger partial charge >= 0.3 is 0 Å². The zero-order valence-corrected chi connectivity index (χ0v) is 28.5. The minimum absolute atomic E-state index is 0.601. The highest BCUT2D eigenvalue weighted by Gasteiger charge is 2.17. The lowest BCUT2D eigenvalue weighted by atomic mass is 9.90. The van der Waals surface area contributed by atoms with Gasteiger partial charge < -0.3 is 4.42 Å². The van der Waals surface area contributed by atoms with E-state index in [0.29, 0.717) is 17.5 Å². The number of aromatic nitrogens is 3. The van der Waals surface area contributed by atoms with Gasteiger partial charge in [-0.3, -0.25) is 0 Å². The van der Waals surface area contributed by atoms with Crippen molar-refractivity contribution in [1.29, 1.82) is 0 Å². The Bertz CT molecular complexity index is 2920. The highest BCUT2D eigenvalue weighted by Crippen LogP contribution is 2.42. The van der Waals surface area contributed by atoms with Gasteiger partial charge in [0.1, 0.15) is 11.2 Å². The first-order valence-electron chi connectivity index (χ1n) is 17.0. The third-order valence-corrected chi connectivity index (χ3v) is 10.9. The highest BCUT2D eigenvalue weighted by atomic mass is 32.1. The maximum absolute atomic E-state index is 6.21. The van der Waals surface area contributed by atoms with Crippen molar-refractivity contribution in [3.8, 4) is 56.4 Å². The van der Waals surface area contributed by atoms with Gasteiger partial charge in [-0.1, -0.05) is 127 Å². The van der Waals surface area contributed by atoms with Crippen molar-refractivity contribution in [2.75, 3.05) is 0 Å². The summed E-state index contributed by atoms with van der Waals surface area (Å²) in [4.78, 5) is 14.9. The van der Waals surface area contributed by atoms with Crippen LogP contribution in [0.2, 0.25) is 0 Å². The lowest BCUT2D eigenvalue weighted by Crippen LogP contribution is -2.00. The number of rotatable bonds is 5. The predicted octanol–water partition coefficient (Wildman–Crippen LogP) is 12.8. The molecule has 3 aromatic heterocycles. The smallest absolute Gasteiger partial charge is 0.164 e. The lowest BCUT2D eigenvalue weighted by Gasteiger charge is -2.14. The molecule has 0 aliphatic carbocycles. The molecule has 0 bridgehead atoms. The number of nitrogens with zero attached hydrogens (tertiary/aromatic N) is 3. The number of furan rings is 1. The van der Waals surface area contributed by atoms with Crippen LogP contribution in [0.4, 0.5) is 0 Å². The molecule has 4 nitrogen and oxygen atoms in total. The van der Waals surface area contributed by atoms with Crippen molar-refractivity contribution >= 4 is 53.4 Å². The molecule has 0 N–H and O–H groups in total. The molecule has 0 amide bonds. The fraction of sp³-hybridized carbons (Fsp3) is 0.0217. The zero-order chi connectivity index (χ0) is 33.9. The average molecular weight is 672 g/mol. The lowest BCUT2D eigenvalue weighted by molar-refractivity contribution is 0.669. The predicted molar refractivity (Wildman–Crippen MR) is 212 cm³/mol. The largest absolute Gasteiger partial charge is 0.456 e. The topological polar surface area (TPSA) is 51.8 Å². The summed E-state index contributed by atoms with van der Waals surface area (Å²) in [7, 11) is 0. The summed E-state index contributed by atoms with van der Waals surface area (Å²) < 4.78 is 8.84. The van der Waals surface area contributed by atoms with Crippen LogP contribution in [0.15, 0.2) is 162 Å². The zero-order valence-electron chi connectivity index (χ0n) is 27.7. The van der Waals surface area contributed by atoms with E-state index < -0.39 is 0 Å². The molecule has 0 saturated carbocycles. The summed E-state index contributed by atoms with van der Waals surface area (Å²) >= 11 is 1.86. The van der Waals surface area contributed by atoms with Crippen molar-refractivity contribution in [3.63, 3.8) is 0 Å².